The molecule has 0 aliphatic rings. The summed E-state index contributed by atoms with van der Waals surface area (Å²) in [6.07, 6.45) is 0.963. The van der Waals surface area contributed by atoms with E-state index in [4.69, 9.17) is 11.0 Å². The Morgan fingerprint density at radius 2 is 2.21 bits per heavy atom. The van der Waals surface area contributed by atoms with E-state index in [0.29, 0.717) is 11.4 Å². The first-order valence-corrected chi connectivity index (χ1v) is 4.35. The van der Waals surface area contributed by atoms with Crippen molar-refractivity contribution in [3.05, 3.63) is 23.4 Å². The standard InChI is InChI=1S/C10H13N3.Pd/c1-3-7(2)10-8(6-11)4-5-9(12)13-10;/h4-5,7H,3H2,1-2H3,(H2,12,13);. The maximum atomic E-state index is 8.82. The average Bonchev–Trinajstić information content (AvgIpc) is 2.16. The summed E-state index contributed by atoms with van der Waals surface area (Å²) in [5, 5.41) is 8.82. The Hall–Kier alpha value is -0.898. The molecule has 0 fully saturated rings. The van der Waals surface area contributed by atoms with Crippen molar-refractivity contribution in [3.63, 3.8) is 0 Å². The van der Waals surface area contributed by atoms with Gasteiger partial charge in [0.25, 0.3) is 0 Å². The van der Waals surface area contributed by atoms with Crippen LogP contribution in [0.15, 0.2) is 12.1 Å². The van der Waals surface area contributed by atoms with E-state index in [1.54, 1.807) is 12.1 Å². The minimum atomic E-state index is 0. The second-order valence-electron chi connectivity index (χ2n) is 3.09. The Kier molecular flexibility index (Phi) is 5.38. The van der Waals surface area contributed by atoms with Crippen LogP contribution in [0.3, 0.4) is 0 Å². The van der Waals surface area contributed by atoms with E-state index in [1.165, 1.54) is 0 Å². The number of hydrogen-bond donors (Lipinski definition) is 1. The van der Waals surface area contributed by atoms with Crippen molar-refractivity contribution in [3.8, 4) is 6.07 Å². The van der Waals surface area contributed by atoms with Crippen molar-refractivity contribution in [1.29, 1.82) is 5.26 Å². The maximum absolute atomic E-state index is 8.82. The molecular weight excluding hydrogens is 269 g/mol. The molecule has 0 spiro atoms. The van der Waals surface area contributed by atoms with E-state index in [2.05, 4.69) is 18.0 Å². The van der Waals surface area contributed by atoms with Gasteiger partial charge >= 0.3 is 0 Å². The number of hydrogen-bond acceptors (Lipinski definition) is 3. The van der Waals surface area contributed by atoms with Gasteiger partial charge in [0.15, 0.2) is 0 Å². The first-order valence-electron chi connectivity index (χ1n) is 4.35. The largest absolute Gasteiger partial charge is 0.384 e. The van der Waals surface area contributed by atoms with E-state index < -0.39 is 0 Å². The van der Waals surface area contributed by atoms with E-state index in [-0.39, 0.29) is 26.3 Å². The topological polar surface area (TPSA) is 62.7 Å². The molecule has 0 amide bonds. The van der Waals surface area contributed by atoms with Gasteiger partial charge in [-0.1, -0.05) is 13.8 Å². The van der Waals surface area contributed by atoms with Crippen molar-refractivity contribution >= 4 is 5.82 Å². The van der Waals surface area contributed by atoms with Gasteiger partial charge in [-0.05, 0) is 24.5 Å². The fourth-order valence-corrected chi connectivity index (χ4v) is 1.15. The molecule has 1 unspecified atom stereocenters. The molecule has 4 heteroatoms. The second kappa shape index (κ2) is 5.75. The molecule has 1 heterocycles. The van der Waals surface area contributed by atoms with E-state index >= 15 is 0 Å². The number of nitriles is 1. The number of anilines is 1. The minimum absolute atomic E-state index is 0. The Balaban J connectivity index is 0.00000169. The first kappa shape index (κ1) is 13.1. The van der Waals surface area contributed by atoms with Gasteiger partial charge in [-0.3, -0.25) is 0 Å². The molecule has 1 aromatic rings. The van der Waals surface area contributed by atoms with Crippen LogP contribution in [-0.2, 0) is 20.4 Å². The third-order valence-corrected chi connectivity index (χ3v) is 2.15. The molecule has 1 aromatic heterocycles. The maximum Gasteiger partial charge on any atom is 0.123 e. The number of nitrogens with zero attached hydrogens (tertiary/aromatic N) is 2. The van der Waals surface area contributed by atoms with E-state index in [0.717, 1.165) is 12.1 Å². The summed E-state index contributed by atoms with van der Waals surface area (Å²) in [5.41, 5.74) is 6.99. The van der Waals surface area contributed by atoms with Crippen molar-refractivity contribution in [2.24, 2.45) is 0 Å². The number of nitrogens with two attached hydrogens (primary N) is 1. The Morgan fingerprint density at radius 1 is 1.57 bits per heavy atom. The van der Waals surface area contributed by atoms with Crippen LogP contribution in [0.4, 0.5) is 5.82 Å². The normalized spacial score (nSPS) is 11.2. The van der Waals surface area contributed by atoms with Crippen LogP contribution in [-0.4, -0.2) is 4.98 Å². The minimum Gasteiger partial charge on any atom is -0.384 e. The zero-order chi connectivity index (χ0) is 9.84. The van der Waals surface area contributed by atoms with Crippen LogP contribution in [0.1, 0.15) is 37.4 Å². The number of pyridine rings is 1. The molecule has 1 atom stereocenters. The molecule has 2 N–H and O–H groups in total. The molecule has 78 valence electrons. The third kappa shape index (κ3) is 2.80. The molecule has 0 aliphatic carbocycles. The SMILES string of the molecule is CCC(C)c1nc(N)ccc1C#N.[Pd]. The molecule has 1 rings (SSSR count). The van der Waals surface area contributed by atoms with Gasteiger partial charge in [0.05, 0.1) is 11.3 Å². The number of rotatable bonds is 2. The van der Waals surface area contributed by atoms with Gasteiger partial charge in [0, 0.05) is 20.4 Å². The Labute approximate surface area is 98.0 Å². The predicted molar refractivity (Wildman–Crippen MR) is 52.1 cm³/mol. The number of aromatic nitrogens is 1. The monoisotopic (exact) mass is 281 g/mol. The summed E-state index contributed by atoms with van der Waals surface area (Å²) in [4.78, 5) is 4.17. The van der Waals surface area contributed by atoms with Gasteiger partial charge < -0.3 is 5.73 Å². The van der Waals surface area contributed by atoms with Crippen LogP contribution in [0, 0.1) is 11.3 Å². The zero-order valence-electron chi connectivity index (χ0n) is 8.23. The fourth-order valence-electron chi connectivity index (χ4n) is 1.15. The molecule has 0 radical (unpaired) electrons. The fraction of sp³-hybridized carbons (Fsp3) is 0.400. The molecule has 14 heavy (non-hydrogen) atoms. The summed E-state index contributed by atoms with van der Waals surface area (Å²) in [6.45, 7) is 4.11. The van der Waals surface area contributed by atoms with E-state index in [9.17, 15) is 0 Å². The smallest absolute Gasteiger partial charge is 0.123 e. The van der Waals surface area contributed by atoms with Crippen molar-refractivity contribution < 1.29 is 20.4 Å². The predicted octanol–water partition coefficient (Wildman–Crippen LogP) is 2.05. The van der Waals surface area contributed by atoms with Crippen LogP contribution < -0.4 is 5.73 Å². The van der Waals surface area contributed by atoms with Gasteiger partial charge in [0.1, 0.15) is 11.9 Å². The van der Waals surface area contributed by atoms with Crippen LogP contribution in [0.5, 0.6) is 0 Å². The van der Waals surface area contributed by atoms with Gasteiger partial charge in [-0.25, -0.2) is 4.98 Å². The Morgan fingerprint density at radius 3 is 2.71 bits per heavy atom. The van der Waals surface area contributed by atoms with Crippen molar-refractivity contribution in [2.75, 3.05) is 5.73 Å². The van der Waals surface area contributed by atoms with Crippen LogP contribution >= 0.6 is 0 Å². The molecule has 3 nitrogen and oxygen atoms in total. The van der Waals surface area contributed by atoms with Crippen LogP contribution in [0.2, 0.25) is 0 Å². The summed E-state index contributed by atoms with van der Waals surface area (Å²) < 4.78 is 0. The average molecular weight is 282 g/mol. The van der Waals surface area contributed by atoms with Gasteiger partial charge in [0.2, 0.25) is 0 Å². The molecular formula is C10H13N3Pd. The molecule has 0 aliphatic heterocycles. The quantitative estimate of drug-likeness (QED) is 0.844. The molecule has 0 saturated carbocycles. The van der Waals surface area contributed by atoms with Crippen molar-refractivity contribution in [2.45, 2.75) is 26.2 Å². The first-order chi connectivity index (χ1) is 6.19. The summed E-state index contributed by atoms with van der Waals surface area (Å²) in [5.74, 6) is 0.771. The van der Waals surface area contributed by atoms with Gasteiger partial charge in [-0.15, -0.1) is 0 Å². The van der Waals surface area contributed by atoms with E-state index in [1.807, 2.05) is 6.92 Å². The molecule has 0 bridgehead atoms. The number of nitrogen functional groups attached to an aromatic ring is 1. The third-order valence-electron chi connectivity index (χ3n) is 2.15. The molecule has 0 saturated heterocycles. The zero-order valence-corrected chi connectivity index (χ0v) is 9.78. The van der Waals surface area contributed by atoms with Crippen molar-refractivity contribution in [1.82, 2.24) is 4.98 Å². The summed E-state index contributed by atoms with van der Waals surface area (Å²) in [7, 11) is 0. The second-order valence-corrected chi connectivity index (χ2v) is 3.09. The van der Waals surface area contributed by atoms with Crippen LogP contribution in [0.25, 0.3) is 0 Å². The van der Waals surface area contributed by atoms with Gasteiger partial charge in [-0.2, -0.15) is 5.26 Å². The Bertz CT molecular complexity index is 344. The summed E-state index contributed by atoms with van der Waals surface area (Å²) in [6, 6.07) is 5.50. The summed E-state index contributed by atoms with van der Waals surface area (Å²) >= 11 is 0. The molecule has 0 aromatic carbocycles.